The maximum atomic E-state index is 12.5. The fourth-order valence-corrected chi connectivity index (χ4v) is 2.28. The minimum Gasteiger partial charge on any atom is -0.480 e. The highest BCUT2D eigenvalue weighted by molar-refractivity contribution is 5.96. The summed E-state index contributed by atoms with van der Waals surface area (Å²) in [5.41, 5.74) is 2.76. The standard InChI is InChI=1S/C14H16FNO3/c15-8-12(14(18)19)16-13(17)11-6-5-9-3-1-2-4-10(9)7-11/h5-7,12H,1-4,8H2,(H,16,17)(H,18,19). The van der Waals surface area contributed by atoms with Crippen molar-refractivity contribution in [2.24, 2.45) is 0 Å². The van der Waals surface area contributed by atoms with Crippen LogP contribution < -0.4 is 5.32 Å². The van der Waals surface area contributed by atoms with Gasteiger partial charge in [-0.15, -0.1) is 0 Å². The van der Waals surface area contributed by atoms with E-state index in [1.807, 2.05) is 6.07 Å². The Morgan fingerprint density at radius 2 is 1.95 bits per heavy atom. The first-order valence-corrected chi connectivity index (χ1v) is 6.33. The Labute approximate surface area is 110 Å². The molecule has 1 aromatic rings. The highest BCUT2D eigenvalue weighted by Crippen LogP contribution is 2.22. The van der Waals surface area contributed by atoms with Gasteiger partial charge in [-0.25, -0.2) is 9.18 Å². The summed E-state index contributed by atoms with van der Waals surface area (Å²) >= 11 is 0. The van der Waals surface area contributed by atoms with E-state index in [-0.39, 0.29) is 0 Å². The van der Waals surface area contributed by atoms with Crippen molar-refractivity contribution in [1.29, 1.82) is 0 Å². The Morgan fingerprint density at radius 3 is 2.58 bits per heavy atom. The molecule has 0 bridgehead atoms. The van der Waals surface area contributed by atoms with Gasteiger partial charge in [-0.05, 0) is 48.9 Å². The van der Waals surface area contributed by atoms with Crippen LogP contribution in [0.4, 0.5) is 4.39 Å². The summed E-state index contributed by atoms with van der Waals surface area (Å²) < 4.78 is 12.5. The maximum absolute atomic E-state index is 12.5. The summed E-state index contributed by atoms with van der Waals surface area (Å²) in [7, 11) is 0. The fraction of sp³-hybridized carbons (Fsp3) is 0.429. The van der Waals surface area contributed by atoms with Gasteiger partial charge >= 0.3 is 5.97 Å². The number of carboxylic acid groups (broad SMARTS) is 1. The number of carbonyl (C=O) groups excluding carboxylic acids is 1. The van der Waals surface area contributed by atoms with Crippen LogP contribution in [0.2, 0.25) is 0 Å². The van der Waals surface area contributed by atoms with Gasteiger partial charge in [0.2, 0.25) is 0 Å². The van der Waals surface area contributed by atoms with Crippen LogP contribution in [-0.4, -0.2) is 29.7 Å². The van der Waals surface area contributed by atoms with E-state index in [0.717, 1.165) is 31.2 Å². The third-order valence-corrected chi connectivity index (χ3v) is 3.37. The summed E-state index contributed by atoms with van der Waals surface area (Å²) in [6, 6.07) is 3.86. The molecular weight excluding hydrogens is 249 g/mol. The Bertz CT molecular complexity index is 501. The van der Waals surface area contributed by atoms with Gasteiger partial charge in [-0.1, -0.05) is 6.07 Å². The number of carboxylic acids is 1. The molecule has 1 aliphatic carbocycles. The van der Waals surface area contributed by atoms with Crippen LogP contribution in [0.3, 0.4) is 0 Å². The molecule has 1 atom stereocenters. The molecule has 2 N–H and O–H groups in total. The molecule has 19 heavy (non-hydrogen) atoms. The first-order valence-electron chi connectivity index (χ1n) is 6.33. The van der Waals surface area contributed by atoms with Crippen LogP contribution in [0.25, 0.3) is 0 Å². The number of carbonyl (C=O) groups is 2. The van der Waals surface area contributed by atoms with Gasteiger partial charge in [0, 0.05) is 5.56 Å². The number of amides is 1. The Morgan fingerprint density at radius 1 is 1.26 bits per heavy atom. The lowest BCUT2D eigenvalue weighted by molar-refractivity contribution is -0.139. The summed E-state index contributed by atoms with van der Waals surface area (Å²) in [5, 5.41) is 10.9. The van der Waals surface area contributed by atoms with E-state index < -0.39 is 24.6 Å². The van der Waals surface area contributed by atoms with E-state index in [0.29, 0.717) is 5.56 Å². The number of benzene rings is 1. The average Bonchev–Trinajstić information content (AvgIpc) is 2.43. The lowest BCUT2D eigenvalue weighted by Gasteiger charge is -2.17. The van der Waals surface area contributed by atoms with Crippen molar-refractivity contribution in [3.05, 3.63) is 34.9 Å². The summed E-state index contributed by atoms with van der Waals surface area (Å²) in [4.78, 5) is 22.5. The van der Waals surface area contributed by atoms with E-state index in [2.05, 4.69) is 5.32 Å². The second-order valence-electron chi connectivity index (χ2n) is 4.71. The zero-order valence-electron chi connectivity index (χ0n) is 10.5. The summed E-state index contributed by atoms with van der Waals surface area (Å²) in [5.74, 6) is -1.91. The van der Waals surface area contributed by atoms with Crippen molar-refractivity contribution >= 4 is 11.9 Å². The SMILES string of the molecule is O=C(NC(CF)C(=O)O)c1ccc2c(c1)CCCC2. The molecule has 2 rings (SSSR count). The molecular formula is C14H16FNO3. The number of nitrogens with one attached hydrogen (secondary N) is 1. The van der Waals surface area contributed by atoms with E-state index in [9.17, 15) is 14.0 Å². The molecule has 5 heteroatoms. The van der Waals surface area contributed by atoms with Gasteiger partial charge < -0.3 is 10.4 Å². The maximum Gasteiger partial charge on any atom is 0.328 e. The lowest BCUT2D eigenvalue weighted by atomic mass is 9.90. The number of rotatable bonds is 4. The van der Waals surface area contributed by atoms with Crippen molar-refractivity contribution in [2.75, 3.05) is 6.67 Å². The van der Waals surface area contributed by atoms with E-state index in [1.54, 1.807) is 12.1 Å². The normalized spacial score (nSPS) is 15.4. The molecule has 0 aliphatic heterocycles. The van der Waals surface area contributed by atoms with Crippen molar-refractivity contribution in [2.45, 2.75) is 31.7 Å². The zero-order chi connectivity index (χ0) is 13.8. The molecule has 0 aromatic heterocycles. The summed E-state index contributed by atoms with van der Waals surface area (Å²) in [6.07, 6.45) is 4.20. The number of hydrogen-bond donors (Lipinski definition) is 2. The smallest absolute Gasteiger partial charge is 0.328 e. The van der Waals surface area contributed by atoms with Crippen molar-refractivity contribution < 1.29 is 19.1 Å². The molecule has 102 valence electrons. The highest BCUT2D eigenvalue weighted by atomic mass is 19.1. The van der Waals surface area contributed by atoms with Gasteiger partial charge in [0.25, 0.3) is 5.91 Å². The van der Waals surface area contributed by atoms with Crippen LogP contribution in [0, 0.1) is 0 Å². The predicted molar refractivity (Wildman–Crippen MR) is 67.9 cm³/mol. The van der Waals surface area contributed by atoms with Gasteiger partial charge in [-0.3, -0.25) is 4.79 Å². The van der Waals surface area contributed by atoms with E-state index in [1.165, 1.54) is 5.56 Å². The molecule has 4 nitrogen and oxygen atoms in total. The molecule has 1 aromatic carbocycles. The third kappa shape index (κ3) is 3.10. The number of hydrogen-bond acceptors (Lipinski definition) is 2. The van der Waals surface area contributed by atoms with Crippen molar-refractivity contribution in [3.8, 4) is 0 Å². The monoisotopic (exact) mass is 265 g/mol. The van der Waals surface area contributed by atoms with Crippen LogP contribution in [0.5, 0.6) is 0 Å². The second-order valence-corrected chi connectivity index (χ2v) is 4.71. The van der Waals surface area contributed by atoms with Crippen LogP contribution >= 0.6 is 0 Å². The summed E-state index contributed by atoms with van der Waals surface area (Å²) in [6.45, 7) is -1.12. The van der Waals surface area contributed by atoms with Crippen molar-refractivity contribution in [1.82, 2.24) is 5.32 Å². The van der Waals surface area contributed by atoms with Crippen LogP contribution in [0.15, 0.2) is 18.2 Å². The number of halogens is 1. The second kappa shape index (κ2) is 5.82. The Balaban J connectivity index is 2.13. The van der Waals surface area contributed by atoms with Gasteiger partial charge in [0.1, 0.15) is 6.67 Å². The molecule has 1 amide bonds. The molecule has 0 fully saturated rings. The van der Waals surface area contributed by atoms with Crippen LogP contribution in [-0.2, 0) is 17.6 Å². The fourth-order valence-electron chi connectivity index (χ4n) is 2.28. The molecule has 0 saturated heterocycles. The molecule has 1 unspecified atom stereocenters. The largest absolute Gasteiger partial charge is 0.480 e. The van der Waals surface area contributed by atoms with Crippen LogP contribution in [0.1, 0.15) is 34.3 Å². The molecule has 0 spiro atoms. The minimum absolute atomic E-state index is 0.389. The van der Waals surface area contributed by atoms with Gasteiger partial charge in [0.15, 0.2) is 6.04 Å². The number of aryl methyl sites for hydroxylation is 2. The van der Waals surface area contributed by atoms with E-state index in [4.69, 9.17) is 5.11 Å². The lowest BCUT2D eigenvalue weighted by Crippen LogP contribution is -2.42. The quantitative estimate of drug-likeness (QED) is 0.871. The average molecular weight is 265 g/mol. The van der Waals surface area contributed by atoms with Gasteiger partial charge in [0.05, 0.1) is 0 Å². The Hall–Kier alpha value is -1.91. The molecule has 0 saturated carbocycles. The topological polar surface area (TPSA) is 66.4 Å². The molecule has 0 heterocycles. The van der Waals surface area contributed by atoms with Gasteiger partial charge in [-0.2, -0.15) is 0 Å². The van der Waals surface area contributed by atoms with Crippen molar-refractivity contribution in [3.63, 3.8) is 0 Å². The first kappa shape index (κ1) is 13.5. The highest BCUT2D eigenvalue weighted by Gasteiger charge is 2.21. The number of aliphatic carboxylic acids is 1. The van der Waals surface area contributed by atoms with E-state index >= 15 is 0 Å². The number of alkyl halides is 1. The molecule has 1 aliphatic rings. The predicted octanol–water partition coefficient (Wildman–Crippen LogP) is 1.72. The Kier molecular flexibility index (Phi) is 4.14. The number of fused-ring (bicyclic) bond motifs is 1. The minimum atomic E-state index is -1.48. The first-order chi connectivity index (χ1) is 9.11. The molecule has 0 radical (unpaired) electrons. The third-order valence-electron chi connectivity index (χ3n) is 3.37. The zero-order valence-corrected chi connectivity index (χ0v) is 10.5.